The summed E-state index contributed by atoms with van der Waals surface area (Å²) in [6, 6.07) is 1.01. The van der Waals surface area contributed by atoms with Gasteiger partial charge in [-0.05, 0) is 5.41 Å². The zero-order valence-corrected chi connectivity index (χ0v) is 9.53. The maximum absolute atomic E-state index is 11.5. The summed E-state index contributed by atoms with van der Waals surface area (Å²) in [4.78, 5) is 24.5. The lowest BCUT2D eigenvalue weighted by Gasteiger charge is -2.18. The van der Waals surface area contributed by atoms with Gasteiger partial charge in [-0.2, -0.15) is 0 Å². The summed E-state index contributed by atoms with van der Waals surface area (Å²) in [5, 5.41) is 8.65. The molecule has 88 valence electrons. The second-order valence-corrected chi connectivity index (χ2v) is 4.73. The molecule has 0 saturated heterocycles. The molecule has 0 aliphatic rings. The van der Waals surface area contributed by atoms with E-state index in [2.05, 4.69) is 4.98 Å². The van der Waals surface area contributed by atoms with Crippen LogP contribution in [-0.4, -0.2) is 22.7 Å². The Kier molecular flexibility index (Phi) is 3.37. The zero-order chi connectivity index (χ0) is 12.3. The van der Waals surface area contributed by atoms with Gasteiger partial charge in [0.1, 0.15) is 5.69 Å². The number of aromatic amines is 1. The number of aromatic nitrogens is 1. The Hall–Kier alpha value is -1.78. The van der Waals surface area contributed by atoms with E-state index in [0.29, 0.717) is 6.61 Å². The lowest BCUT2D eigenvalue weighted by Crippen LogP contribution is -2.20. The molecule has 16 heavy (non-hydrogen) atoms. The van der Waals surface area contributed by atoms with Crippen LogP contribution in [0.3, 0.4) is 0 Å². The standard InChI is InChI=1S/C11H15NO4/c1-11(2,3)6-16-9-5-12-7(10(14)15)4-8(9)13/h4-5H,6H2,1-3H3,(H,12,13)(H,14,15). The molecule has 0 fully saturated rings. The first-order valence-corrected chi connectivity index (χ1v) is 4.88. The molecule has 2 N–H and O–H groups in total. The highest BCUT2D eigenvalue weighted by Crippen LogP contribution is 2.14. The highest BCUT2D eigenvalue weighted by atomic mass is 16.5. The Bertz CT molecular complexity index is 442. The number of ether oxygens (including phenoxy) is 1. The van der Waals surface area contributed by atoms with Crippen molar-refractivity contribution in [1.82, 2.24) is 4.98 Å². The number of rotatable bonds is 3. The number of pyridine rings is 1. The fourth-order valence-corrected chi connectivity index (χ4v) is 0.989. The molecule has 0 spiro atoms. The van der Waals surface area contributed by atoms with Crippen LogP contribution >= 0.6 is 0 Å². The summed E-state index contributed by atoms with van der Waals surface area (Å²) in [5.41, 5.74) is -0.633. The van der Waals surface area contributed by atoms with Crippen LogP contribution in [-0.2, 0) is 0 Å². The highest BCUT2D eigenvalue weighted by molar-refractivity contribution is 5.85. The molecular formula is C11H15NO4. The largest absolute Gasteiger partial charge is 0.487 e. The predicted octanol–water partition coefficient (Wildman–Crippen LogP) is 1.50. The van der Waals surface area contributed by atoms with Crippen molar-refractivity contribution in [3.63, 3.8) is 0 Å². The summed E-state index contributed by atoms with van der Waals surface area (Å²) in [6.07, 6.45) is 1.28. The van der Waals surface area contributed by atoms with Crippen molar-refractivity contribution >= 4 is 5.97 Å². The van der Waals surface area contributed by atoms with Crippen LogP contribution in [0.2, 0.25) is 0 Å². The van der Waals surface area contributed by atoms with Crippen molar-refractivity contribution < 1.29 is 14.6 Å². The van der Waals surface area contributed by atoms with Gasteiger partial charge in [0, 0.05) is 12.3 Å². The summed E-state index contributed by atoms with van der Waals surface area (Å²) in [7, 11) is 0. The molecule has 1 rings (SSSR count). The van der Waals surface area contributed by atoms with Gasteiger partial charge >= 0.3 is 5.97 Å². The van der Waals surface area contributed by atoms with E-state index < -0.39 is 11.4 Å². The Balaban J connectivity index is 2.84. The van der Waals surface area contributed by atoms with Crippen molar-refractivity contribution in [3.05, 3.63) is 28.2 Å². The third-order valence-corrected chi connectivity index (χ3v) is 1.77. The zero-order valence-electron chi connectivity index (χ0n) is 9.53. The van der Waals surface area contributed by atoms with Crippen LogP contribution in [0.15, 0.2) is 17.1 Å². The molecule has 0 aromatic carbocycles. The highest BCUT2D eigenvalue weighted by Gasteiger charge is 2.13. The Morgan fingerprint density at radius 1 is 1.50 bits per heavy atom. The molecule has 0 atom stereocenters. The summed E-state index contributed by atoms with van der Waals surface area (Å²) >= 11 is 0. The van der Waals surface area contributed by atoms with Gasteiger partial charge in [-0.25, -0.2) is 4.79 Å². The third-order valence-electron chi connectivity index (χ3n) is 1.77. The van der Waals surface area contributed by atoms with Crippen LogP contribution in [0.5, 0.6) is 5.75 Å². The first kappa shape index (κ1) is 12.3. The Morgan fingerprint density at radius 3 is 2.56 bits per heavy atom. The summed E-state index contributed by atoms with van der Waals surface area (Å²) < 4.78 is 5.30. The maximum Gasteiger partial charge on any atom is 0.352 e. The number of carbonyl (C=O) groups is 1. The fourth-order valence-electron chi connectivity index (χ4n) is 0.989. The van der Waals surface area contributed by atoms with Crippen molar-refractivity contribution in [3.8, 4) is 5.75 Å². The van der Waals surface area contributed by atoms with E-state index in [1.54, 1.807) is 0 Å². The average molecular weight is 225 g/mol. The first-order valence-electron chi connectivity index (χ1n) is 4.88. The quantitative estimate of drug-likeness (QED) is 0.816. The van der Waals surface area contributed by atoms with Gasteiger partial charge in [-0.15, -0.1) is 0 Å². The molecule has 0 bridgehead atoms. The van der Waals surface area contributed by atoms with Crippen LogP contribution < -0.4 is 10.2 Å². The van der Waals surface area contributed by atoms with Crippen molar-refractivity contribution in [2.75, 3.05) is 6.61 Å². The number of carboxylic acid groups (broad SMARTS) is 1. The minimum Gasteiger partial charge on any atom is -0.487 e. The van der Waals surface area contributed by atoms with E-state index in [4.69, 9.17) is 9.84 Å². The molecular weight excluding hydrogens is 210 g/mol. The van der Waals surface area contributed by atoms with Gasteiger partial charge in [0.05, 0.1) is 6.61 Å². The van der Waals surface area contributed by atoms with Gasteiger partial charge in [-0.1, -0.05) is 20.8 Å². The van der Waals surface area contributed by atoms with Crippen LogP contribution in [0.1, 0.15) is 31.3 Å². The first-order chi connectivity index (χ1) is 7.29. The van der Waals surface area contributed by atoms with Crippen molar-refractivity contribution in [2.24, 2.45) is 5.41 Å². The number of carboxylic acids is 1. The Labute approximate surface area is 93.1 Å². The summed E-state index contributed by atoms with van der Waals surface area (Å²) in [6.45, 7) is 6.33. The molecule has 0 aliphatic heterocycles. The number of hydrogen-bond donors (Lipinski definition) is 2. The minimum absolute atomic E-state index is 0.0576. The number of nitrogens with one attached hydrogen (secondary N) is 1. The molecule has 1 aromatic rings. The molecule has 0 saturated carbocycles. The van der Waals surface area contributed by atoms with E-state index >= 15 is 0 Å². The summed E-state index contributed by atoms with van der Waals surface area (Å²) in [5.74, 6) is -1.03. The average Bonchev–Trinajstić information content (AvgIpc) is 2.14. The van der Waals surface area contributed by atoms with Gasteiger partial charge in [0.15, 0.2) is 5.75 Å². The van der Waals surface area contributed by atoms with Crippen LogP contribution in [0.4, 0.5) is 0 Å². The van der Waals surface area contributed by atoms with E-state index in [1.807, 2.05) is 20.8 Å². The van der Waals surface area contributed by atoms with Crippen LogP contribution in [0.25, 0.3) is 0 Å². The predicted molar refractivity (Wildman–Crippen MR) is 59.0 cm³/mol. The lowest BCUT2D eigenvalue weighted by molar-refractivity contribution is 0.0690. The van der Waals surface area contributed by atoms with E-state index in [0.717, 1.165) is 6.07 Å². The fraction of sp³-hybridized carbons (Fsp3) is 0.455. The topological polar surface area (TPSA) is 79.4 Å². The molecule has 0 aliphatic carbocycles. The molecule has 5 nitrogen and oxygen atoms in total. The second kappa shape index (κ2) is 4.38. The normalized spacial score (nSPS) is 11.2. The van der Waals surface area contributed by atoms with Gasteiger partial charge in [0.25, 0.3) is 0 Å². The van der Waals surface area contributed by atoms with Gasteiger partial charge in [-0.3, -0.25) is 4.79 Å². The van der Waals surface area contributed by atoms with Crippen LogP contribution in [0, 0.1) is 5.41 Å². The van der Waals surface area contributed by atoms with Gasteiger partial charge < -0.3 is 14.8 Å². The monoisotopic (exact) mass is 225 g/mol. The molecule has 1 heterocycles. The molecule has 0 radical (unpaired) electrons. The minimum atomic E-state index is -1.17. The van der Waals surface area contributed by atoms with Crippen molar-refractivity contribution in [2.45, 2.75) is 20.8 Å². The molecule has 0 unspecified atom stereocenters. The molecule has 0 amide bonds. The maximum atomic E-state index is 11.5. The molecule has 1 aromatic heterocycles. The SMILES string of the molecule is CC(C)(C)COc1c[nH]c(C(=O)O)cc1=O. The van der Waals surface area contributed by atoms with E-state index in [-0.39, 0.29) is 16.9 Å². The Morgan fingerprint density at radius 2 is 2.12 bits per heavy atom. The number of aromatic carboxylic acids is 1. The van der Waals surface area contributed by atoms with E-state index in [1.165, 1.54) is 6.20 Å². The smallest absolute Gasteiger partial charge is 0.352 e. The second-order valence-electron chi connectivity index (χ2n) is 4.73. The van der Waals surface area contributed by atoms with Crippen molar-refractivity contribution in [1.29, 1.82) is 0 Å². The molecule has 5 heteroatoms. The van der Waals surface area contributed by atoms with Gasteiger partial charge in [0.2, 0.25) is 5.43 Å². The lowest BCUT2D eigenvalue weighted by atomic mass is 9.99. The van der Waals surface area contributed by atoms with E-state index in [9.17, 15) is 9.59 Å². The number of H-pyrrole nitrogens is 1. The number of hydrogen-bond acceptors (Lipinski definition) is 3. The third kappa shape index (κ3) is 3.42.